The summed E-state index contributed by atoms with van der Waals surface area (Å²) in [5, 5.41) is 13.0. The Bertz CT molecular complexity index is 783. The summed E-state index contributed by atoms with van der Waals surface area (Å²) in [4.78, 5) is 12.4. The zero-order valence-corrected chi connectivity index (χ0v) is 13.6. The monoisotopic (exact) mass is 333 g/mol. The molecule has 0 aliphatic rings. The molecule has 0 spiro atoms. The van der Waals surface area contributed by atoms with Gasteiger partial charge in [0.25, 0.3) is 5.56 Å². The van der Waals surface area contributed by atoms with Gasteiger partial charge in [-0.1, -0.05) is 37.1 Å². The molecule has 0 saturated heterocycles. The van der Waals surface area contributed by atoms with Crippen molar-refractivity contribution in [3.05, 3.63) is 51.4 Å². The van der Waals surface area contributed by atoms with E-state index in [1.807, 2.05) is 13.0 Å². The van der Waals surface area contributed by atoms with Gasteiger partial charge in [-0.2, -0.15) is 15.0 Å². The van der Waals surface area contributed by atoms with Crippen molar-refractivity contribution in [3.63, 3.8) is 0 Å². The van der Waals surface area contributed by atoms with Crippen LogP contribution in [0.4, 0.5) is 0 Å². The van der Waals surface area contributed by atoms with Crippen molar-refractivity contribution in [2.45, 2.75) is 26.0 Å². The fourth-order valence-corrected chi connectivity index (χ4v) is 2.23. The fourth-order valence-electron chi connectivity index (χ4n) is 2.06. The minimum atomic E-state index is -0.501. The van der Waals surface area contributed by atoms with Crippen molar-refractivity contribution in [3.8, 4) is 17.6 Å². The van der Waals surface area contributed by atoms with Crippen molar-refractivity contribution in [1.29, 1.82) is 5.26 Å². The van der Waals surface area contributed by atoms with E-state index in [2.05, 4.69) is 5.10 Å². The van der Waals surface area contributed by atoms with E-state index in [0.717, 1.165) is 6.42 Å². The Balaban J connectivity index is 2.38. The Kier molecular flexibility index (Phi) is 5.74. The summed E-state index contributed by atoms with van der Waals surface area (Å²) in [5.41, 5.74) is -0.160. The molecule has 0 radical (unpaired) electrons. The Morgan fingerprint density at radius 3 is 2.78 bits per heavy atom. The van der Waals surface area contributed by atoms with Gasteiger partial charge >= 0.3 is 0 Å². The highest BCUT2D eigenvalue weighted by Crippen LogP contribution is 2.28. The van der Waals surface area contributed by atoms with E-state index >= 15 is 0 Å². The van der Waals surface area contributed by atoms with Crippen LogP contribution < -0.4 is 10.3 Å². The lowest BCUT2D eigenvalue weighted by atomic mass is 10.2. The molecule has 7 heteroatoms. The Morgan fingerprint density at radius 2 is 2.13 bits per heavy atom. The lowest BCUT2D eigenvalue weighted by molar-refractivity contribution is 0.0222. The second-order valence-corrected chi connectivity index (χ2v) is 5.14. The van der Waals surface area contributed by atoms with E-state index < -0.39 is 11.8 Å². The van der Waals surface area contributed by atoms with E-state index in [-0.39, 0.29) is 10.8 Å². The first-order chi connectivity index (χ1) is 11.1. The van der Waals surface area contributed by atoms with Crippen LogP contribution in [0.25, 0.3) is 0 Å². The lowest BCUT2D eigenvalue weighted by Crippen LogP contribution is -2.28. The molecule has 0 aliphatic carbocycles. The van der Waals surface area contributed by atoms with Crippen LogP contribution in [-0.2, 0) is 4.74 Å². The maximum atomic E-state index is 12.4. The van der Waals surface area contributed by atoms with Crippen LogP contribution in [0, 0.1) is 11.3 Å². The summed E-state index contributed by atoms with van der Waals surface area (Å²) in [6.07, 6.45) is 2.33. The second kappa shape index (κ2) is 7.77. The number of hydrogen-bond donors (Lipinski definition) is 0. The average molecular weight is 334 g/mol. The van der Waals surface area contributed by atoms with E-state index in [9.17, 15) is 4.79 Å². The summed E-state index contributed by atoms with van der Waals surface area (Å²) in [7, 11) is 1.51. The van der Waals surface area contributed by atoms with E-state index in [0.29, 0.717) is 17.7 Å². The van der Waals surface area contributed by atoms with Gasteiger partial charge in [-0.3, -0.25) is 4.79 Å². The van der Waals surface area contributed by atoms with Gasteiger partial charge in [0.15, 0.2) is 17.0 Å². The minimum absolute atomic E-state index is 0.0990. The maximum Gasteiger partial charge on any atom is 0.291 e. The van der Waals surface area contributed by atoms with Crippen LogP contribution in [0.2, 0.25) is 5.02 Å². The molecule has 0 fully saturated rings. The largest absolute Gasteiger partial charge is 0.452 e. The number of nitriles is 1. The normalized spacial score (nSPS) is 11.7. The number of hydrogen-bond acceptors (Lipinski definition) is 5. The van der Waals surface area contributed by atoms with Gasteiger partial charge in [0.1, 0.15) is 11.8 Å². The quantitative estimate of drug-likeness (QED) is 0.808. The summed E-state index contributed by atoms with van der Waals surface area (Å²) >= 11 is 6.11. The summed E-state index contributed by atoms with van der Waals surface area (Å²) in [6.45, 7) is 1.98. The third-order valence-electron chi connectivity index (χ3n) is 3.22. The molecule has 0 aliphatic heterocycles. The number of nitrogens with zero attached hydrogens (tertiary/aromatic N) is 3. The van der Waals surface area contributed by atoms with Gasteiger partial charge in [-0.15, -0.1) is 0 Å². The molecule has 23 heavy (non-hydrogen) atoms. The first-order valence-corrected chi connectivity index (χ1v) is 7.47. The van der Waals surface area contributed by atoms with Crippen LogP contribution in [0.5, 0.6) is 11.5 Å². The van der Waals surface area contributed by atoms with E-state index in [1.165, 1.54) is 18.0 Å². The lowest BCUT2D eigenvalue weighted by Gasteiger charge is -2.17. The number of aromatic nitrogens is 2. The van der Waals surface area contributed by atoms with Crippen molar-refractivity contribution in [1.82, 2.24) is 9.78 Å². The Labute approximate surface area is 138 Å². The molecule has 1 aromatic carbocycles. The van der Waals surface area contributed by atoms with Crippen LogP contribution in [0.3, 0.4) is 0 Å². The number of halogens is 1. The van der Waals surface area contributed by atoms with Gasteiger partial charge in [0.2, 0.25) is 0 Å². The predicted molar refractivity (Wildman–Crippen MR) is 85.7 cm³/mol. The number of rotatable bonds is 6. The van der Waals surface area contributed by atoms with Crippen LogP contribution >= 0.6 is 11.6 Å². The second-order valence-electron chi connectivity index (χ2n) is 4.76. The highest BCUT2D eigenvalue weighted by molar-refractivity contribution is 6.31. The molecule has 2 aromatic rings. The van der Waals surface area contributed by atoms with Gasteiger partial charge in [0.05, 0.1) is 11.8 Å². The molecule has 0 bridgehead atoms. The molecular formula is C16H16ClN3O3. The molecule has 1 aromatic heterocycles. The topological polar surface area (TPSA) is 77.1 Å². The molecule has 2 rings (SSSR count). The molecule has 0 saturated carbocycles. The average Bonchev–Trinajstić information content (AvgIpc) is 2.58. The molecule has 1 atom stereocenters. The zero-order valence-electron chi connectivity index (χ0n) is 12.8. The molecule has 1 heterocycles. The number of methoxy groups -OCH3 is 1. The van der Waals surface area contributed by atoms with Gasteiger partial charge in [0, 0.05) is 7.11 Å². The molecule has 0 amide bonds. The number of benzene rings is 1. The minimum Gasteiger partial charge on any atom is -0.452 e. The molecule has 1 unspecified atom stereocenters. The number of ether oxygens (including phenoxy) is 2. The first-order valence-electron chi connectivity index (χ1n) is 7.09. The van der Waals surface area contributed by atoms with Crippen LogP contribution in [0.15, 0.2) is 35.3 Å². The highest BCUT2D eigenvalue weighted by atomic mass is 35.5. The summed E-state index contributed by atoms with van der Waals surface area (Å²) in [5.74, 6) is 0.412. The number of para-hydroxylation sites is 1. The van der Waals surface area contributed by atoms with Crippen molar-refractivity contribution < 1.29 is 9.47 Å². The Hall–Kier alpha value is -2.36. The first kappa shape index (κ1) is 17.0. The maximum absolute atomic E-state index is 12.4. The standard InChI is InChI=1S/C16H16ClN3O3/c1-3-6-14(22-2)20-16(21)15(17)13(10-19-20)23-12-8-5-4-7-11(12)9-18/h4-5,7-8,10,14H,3,6H2,1-2H3. The smallest absolute Gasteiger partial charge is 0.291 e. The molecular weight excluding hydrogens is 318 g/mol. The van der Waals surface area contributed by atoms with Crippen molar-refractivity contribution in [2.75, 3.05) is 7.11 Å². The molecule has 6 nitrogen and oxygen atoms in total. The SMILES string of the molecule is CCCC(OC)n1ncc(Oc2ccccc2C#N)c(Cl)c1=O. The highest BCUT2D eigenvalue weighted by Gasteiger charge is 2.18. The summed E-state index contributed by atoms with van der Waals surface area (Å²) < 4.78 is 12.0. The fraction of sp³-hybridized carbons (Fsp3) is 0.312. The van der Waals surface area contributed by atoms with Crippen LogP contribution in [0.1, 0.15) is 31.6 Å². The van der Waals surface area contributed by atoms with Crippen molar-refractivity contribution >= 4 is 11.6 Å². The van der Waals surface area contributed by atoms with E-state index in [1.54, 1.807) is 24.3 Å². The summed E-state index contributed by atoms with van der Waals surface area (Å²) in [6, 6.07) is 8.69. The third kappa shape index (κ3) is 3.70. The van der Waals surface area contributed by atoms with Gasteiger partial charge < -0.3 is 9.47 Å². The third-order valence-corrected chi connectivity index (χ3v) is 3.57. The predicted octanol–water partition coefficient (Wildman–Crippen LogP) is 3.51. The molecule has 0 N–H and O–H groups in total. The van der Waals surface area contributed by atoms with Crippen molar-refractivity contribution in [2.24, 2.45) is 0 Å². The van der Waals surface area contributed by atoms with Gasteiger partial charge in [-0.25, -0.2) is 0 Å². The Morgan fingerprint density at radius 1 is 1.39 bits per heavy atom. The van der Waals surface area contributed by atoms with Gasteiger partial charge in [-0.05, 0) is 18.6 Å². The van der Waals surface area contributed by atoms with E-state index in [4.69, 9.17) is 26.3 Å². The molecule has 120 valence electrons. The zero-order chi connectivity index (χ0) is 16.8. The van der Waals surface area contributed by atoms with Crippen LogP contribution in [-0.4, -0.2) is 16.9 Å².